The van der Waals surface area contributed by atoms with Crippen molar-refractivity contribution in [3.8, 4) is 0 Å². The Morgan fingerprint density at radius 3 is 2.70 bits per heavy atom. The Kier molecular flexibility index (Phi) is 4.30. The predicted molar refractivity (Wildman–Crippen MR) is 74.7 cm³/mol. The Morgan fingerprint density at radius 1 is 1.30 bits per heavy atom. The number of rotatable bonds is 4. The van der Waals surface area contributed by atoms with Crippen LogP contribution in [0, 0.1) is 5.82 Å². The fourth-order valence-electron chi connectivity index (χ4n) is 1.97. The fourth-order valence-corrected chi connectivity index (χ4v) is 1.97. The van der Waals surface area contributed by atoms with Gasteiger partial charge in [-0.05, 0) is 30.5 Å². The first-order valence-electron chi connectivity index (χ1n) is 6.23. The van der Waals surface area contributed by atoms with Crippen LogP contribution in [0.4, 0.5) is 4.39 Å². The first kappa shape index (κ1) is 14.0. The van der Waals surface area contributed by atoms with Gasteiger partial charge in [0.25, 0.3) is 0 Å². The number of oxime groups is 1. The molecule has 0 spiro atoms. The second kappa shape index (κ2) is 6.14. The Morgan fingerprint density at radius 2 is 2.05 bits per heavy atom. The summed E-state index contributed by atoms with van der Waals surface area (Å²) in [4.78, 5) is 11.3. The molecule has 0 saturated carbocycles. The molecule has 20 heavy (non-hydrogen) atoms. The number of hydrogen-bond donors (Lipinski definition) is 1. The van der Waals surface area contributed by atoms with E-state index < -0.39 is 0 Å². The first-order valence-corrected chi connectivity index (χ1v) is 6.23. The van der Waals surface area contributed by atoms with E-state index in [1.54, 1.807) is 37.5 Å². The summed E-state index contributed by atoms with van der Waals surface area (Å²) < 4.78 is 14.9. The van der Waals surface area contributed by atoms with Gasteiger partial charge in [0.15, 0.2) is 0 Å². The maximum atomic E-state index is 13.5. The largest absolute Gasteiger partial charge is 0.411 e. The van der Waals surface area contributed by atoms with Crippen molar-refractivity contribution in [1.82, 2.24) is 4.57 Å². The third kappa shape index (κ3) is 3.12. The smallest absolute Gasteiger partial charge is 0.250 e. The summed E-state index contributed by atoms with van der Waals surface area (Å²) in [5.74, 6) is -0.273. The van der Waals surface area contributed by atoms with E-state index >= 15 is 0 Å². The quantitative estimate of drug-likeness (QED) is 0.528. The van der Waals surface area contributed by atoms with Crippen LogP contribution in [0.1, 0.15) is 17.5 Å². The highest BCUT2D eigenvalue weighted by molar-refractivity contribution is 6.00. The summed E-state index contributed by atoms with van der Waals surface area (Å²) >= 11 is 0. The van der Waals surface area contributed by atoms with Gasteiger partial charge in [0, 0.05) is 24.9 Å². The zero-order valence-electron chi connectivity index (χ0n) is 11.1. The molecule has 0 bridgehead atoms. The van der Waals surface area contributed by atoms with Crippen molar-refractivity contribution in [3.05, 3.63) is 69.9 Å². The van der Waals surface area contributed by atoms with Crippen molar-refractivity contribution in [1.29, 1.82) is 0 Å². The molecule has 1 aromatic heterocycles. The third-order valence-corrected chi connectivity index (χ3v) is 3.13. The minimum Gasteiger partial charge on any atom is -0.411 e. The van der Waals surface area contributed by atoms with Crippen LogP contribution in [0.3, 0.4) is 0 Å². The van der Waals surface area contributed by atoms with Crippen LogP contribution in [0.25, 0.3) is 0 Å². The van der Waals surface area contributed by atoms with E-state index in [9.17, 15) is 9.18 Å². The summed E-state index contributed by atoms with van der Waals surface area (Å²) in [5.41, 5.74) is 1.49. The van der Waals surface area contributed by atoms with Crippen molar-refractivity contribution in [2.45, 2.75) is 12.8 Å². The summed E-state index contributed by atoms with van der Waals surface area (Å²) in [7, 11) is 1.62. The fraction of sp³-hybridized carbons (Fsp3) is 0.200. The van der Waals surface area contributed by atoms with Gasteiger partial charge in [-0.3, -0.25) is 4.79 Å². The number of hydrogen-bond acceptors (Lipinski definition) is 3. The lowest BCUT2D eigenvalue weighted by molar-refractivity contribution is 0.318. The summed E-state index contributed by atoms with van der Waals surface area (Å²) in [6, 6.07) is 9.50. The Labute approximate surface area is 115 Å². The number of pyridine rings is 1. The van der Waals surface area contributed by atoms with E-state index in [0.717, 1.165) is 0 Å². The highest BCUT2D eigenvalue weighted by Crippen LogP contribution is 2.12. The minimum absolute atomic E-state index is 0.139. The van der Waals surface area contributed by atoms with E-state index in [-0.39, 0.29) is 11.4 Å². The van der Waals surface area contributed by atoms with Crippen LogP contribution in [0.15, 0.2) is 52.5 Å². The topological polar surface area (TPSA) is 54.6 Å². The Balaban J connectivity index is 2.16. The standard InChI is InChI=1S/C15H15FN2O2/c1-18-10-12(7-9-15(18)19)14(17-20)8-6-11-4-2-3-5-13(11)16/h2-5,7,9-10,20H,6,8H2,1H3. The minimum atomic E-state index is -0.273. The van der Waals surface area contributed by atoms with Crippen molar-refractivity contribution >= 4 is 5.71 Å². The molecular formula is C15H15FN2O2. The maximum absolute atomic E-state index is 13.5. The zero-order valence-corrected chi connectivity index (χ0v) is 11.1. The lowest BCUT2D eigenvalue weighted by Gasteiger charge is -2.07. The van der Waals surface area contributed by atoms with Crippen LogP contribution in [-0.4, -0.2) is 15.5 Å². The van der Waals surface area contributed by atoms with Crippen molar-refractivity contribution in [2.24, 2.45) is 12.2 Å². The van der Waals surface area contributed by atoms with Gasteiger partial charge in [-0.15, -0.1) is 0 Å². The van der Waals surface area contributed by atoms with Crippen LogP contribution < -0.4 is 5.56 Å². The Bertz CT molecular complexity index is 692. The van der Waals surface area contributed by atoms with Crippen molar-refractivity contribution in [3.63, 3.8) is 0 Å². The molecule has 5 heteroatoms. The number of nitrogens with zero attached hydrogens (tertiary/aromatic N) is 2. The van der Waals surface area contributed by atoms with E-state index in [0.29, 0.717) is 29.7 Å². The molecular weight excluding hydrogens is 259 g/mol. The van der Waals surface area contributed by atoms with Gasteiger partial charge in [-0.1, -0.05) is 23.4 Å². The highest BCUT2D eigenvalue weighted by atomic mass is 19.1. The summed E-state index contributed by atoms with van der Waals surface area (Å²) in [6.45, 7) is 0. The number of aryl methyl sites for hydroxylation is 2. The van der Waals surface area contributed by atoms with E-state index in [2.05, 4.69) is 5.16 Å². The van der Waals surface area contributed by atoms with Gasteiger partial charge in [-0.25, -0.2) is 4.39 Å². The van der Waals surface area contributed by atoms with Gasteiger partial charge in [0.05, 0.1) is 5.71 Å². The summed E-state index contributed by atoms with van der Waals surface area (Å²) in [6.07, 6.45) is 2.41. The van der Waals surface area contributed by atoms with Crippen LogP contribution in [-0.2, 0) is 13.5 Å². The van der Waals surface area contributed by atoms with Crippen molar-refractivity contribution < 1.29 is 9.60 Å². The van der Waals surface area contributed by atoms with Gasteiger partial charge in [0.2, 0.25) is 5.56 Å². The maximum Gasteiger partial charge on any atom is 0.250 e. The molecule has 0 atom stereocenters. The van der Waals surface area contributed by atoms with Gasteiger partial charge < -0.3 is 9.77 Å². The zero-order chi connectivity index (χ0) is 14.5. The van der Waals surface area contributed by atoms with Crippen LogP contribution in [0.5, 0.6) is 0 Å². The SMILES string of the molecule is Cn1cc(C(CCc2ccccc2F)=NO)ccc1=O. The lowest BCUT2D eigenvalue weighted by Crippen LogP contribution is -2.17. The van der Waals surface area contributed by atoms with E-state index in [1.165, 1.54) is 16.7 Å². The van der Waals surface area contributed by atoms with Gasteiger partial charge in [-0.2, -0.15) is 0 Å². The lowest BCUT2D eigenvalue weighted by atomic mass is 10.0. The molecule has 0 aliphatic carbocycles. The molecule has 0 amide bonds. The predicted octanol–water partition coefficient (Wildman–Crippen LogP) is 2.34. The molecule has 1 heterocycles. The van der Waals surface area contributed by atoms with Gasteiger partial charge >= 0.3 is 0 Å². The number of halogens is 1. The summed E-state index contributed by atoms with van der Waals surface area (Å²) in [5, 5.41) is 12.3. The first-order chi connectivity index (χ1) is 9.61. The number of aromatic nitrogens is 1. The molecule has 0 radical (unpaired) electrons. The molecule has 0 fully saturated rings. The molecule has 1 N–H and O–H groups in total. The second-order valence-electron chi connectivity index (χ2n) is 4.51. The average molecular weight is 274 g/mol. The molecule has 104 valence electrons. The van der Waals surface area contributed by atoms with Crippen LogP contribution >= 0.6 is 0 Å². The molecule has 0 aliphatic heterocycles. The molecule has 2 rings (SSSR count). The van der Waals surface area contributed by atoms with E-state index in [4.69, 9.17) is 5.21 Å². The van der Waals surface area contributed by atoms with Crippen LogP contribution in [0.2, 0.25) is 0 Å². The molecule has 1 aromatic carbocycles. The van der Waals surface area contributed by atoms with E-state index in [1.807, 2.05) is 0 Å². The third-order valence-electron chi connectivity index (χ3n) is 3.13. The number of benzene rings is 1. The van der Waals surface area contributed by atoms with Crippen molar-refractivity contribution in [2.75, 3.05) is 0 Å². The molecule has 0 unspecified atom stereocenters. The molecule has 2 aromatic rings. The molecule has 0 saturated heterocycles. The Hall–Kier alpha value is -2.43. The monoisotopic (exact) mass is 274 g/mol. The highest BCUT2D eigenvalue weighted by Gasteiger charge is 2.08. The normalized spacial score (nSPS) is 11.6. The van der Waals surface area contributed by atoms with Gasteiger partial charge in [0.1, 0.15) is 5.82 Å². The molecule has 4 nitrogen and oxygen atoms in total. The average Bonchev–Trinajstić information content (AvgIpc) is 2.45. The second-order valence-corrected chi connectivity index (χ2v) is 4.51. The molecule has 0 aliphatic rings.